The first-order valence-electron chi connectivity index (χ1n) is 5.49. The van der Waals surface area contributed by atoms with Crippen molar-refractivity contribution in [3.63, 3.8) is 0 Å². The Labute approximate surface area is 101 Å². The molecule has 0 spiro atoms. The summed E-state index contributed by atoms with van der Waals surface area (Å²) >= 11 is 0. The van der Waals surface area contributed by atoms with Gasteiger partial charge in [0.1, 0.15) is 6.61 Å². The number of ether oxygens (including phenoxy) is 1. The van der Waals surface area contributed by atoms with Crippen LogP contribution in [0.25, 0.3) is 0 Å². The molecule has 0 bridgehead atoms. The zero-order chi connectivity index (χ0) is 12.7. The lowest BCUT2D eigenvalue weighted by molar-refractivity contribution is -0.112. The van der Waals surface area contributed by atoms with Crippen LogP contribution in [0.5, 0.6) is 0 Å². The van der Waals surface area contributed by atoms with Crippen molar-refractivity contribution in [2.24, 2.45) is 0 Å². The summed E-state index contributed by atoms with van der Waals surface area (Å²) in [6, 6.07) is 9.38. The van der Waals surface area contributed by atoms with Crippen molar-refractivity contribution < 1.29 is 9.53 Å². The number of ketones is 1. The molecule has 0 heterocycles. The van der Waals surface area contributed by atoms with Crippen molar-refractivity contribution in [1.29, 1.82) is 5.26 Å². The lowest BCUT2D eigenvalue weighted by Gasteiger charge is -2.09. The summed E-state index contributed by atoms with van der Waals surface area (Å²) in [5.41, 5.74) is 1.43. The zero-order valence-electron chi connectivity index (χ0n) is 10.1. The molecular formula is C14H15NO2. The number of hydrogen-bond acceptors (Lipinski definition) is 3. The van der Waals surface area contributed by atoms with E-state index in [0.717, 1.165) is 5.56 Å². The molecule has 0 aliphatic rings. The molecule has 0 amide bonds. The molecule has 0 aromatic heterocycles. The Hall–Kier alpha value is -2.08. The van der Waals surface area contributed by atoms with Crippen molar-refractivity contribution in [2.75, 3.05) is 0 Å². The molecule has 0 saturated heterocycles. The second-order valence-corrected chi connectivity index (χ2v) is 3.63. The average Bonchev–Trinajstić information content (AvgIpc) is 2.34. The van der Waals surface area contributed by atoms with Crippen LogP contribution in [-0.2, 0) is 16.1 Å². The summed E-state index contributed by atoms with van der Waals surface area (Å²) in [4.78, 5) is 10.9. The van der Waals surface area contributed by atoms with Gasteiger partial charge in [0.2, 0.25) is 0 Å². The maximum atomic E-state index is 10.9. The standard InChI is InChI=1S/C14H15NO2/c1-3-14(8-11(2)16)17-10-13-7-5-4-6-12(13)9-15/h4-8H,3,10H2,1-2H3/b14-8+. The maximum Gasteiger partial charge on any atom is 0.155 e. The fourth-order valence-corrected chi connectivity index (χ4v) is 1.40. The third-order valence-corrected chi connectivity index (χ3v) is 2.26. The van der Waals surface area contributed by atoms with Crippen LogP contribution in [0.3, 0.4) is 0 Å². The van der Waals surface area contributed by atoms with Gasteiger partial charge in [-0.05, 0) is 13.0 Å². The van der Waals surface area contributed by atoms with Crippen LogP contribution in [0.15, 0.2) is 36.1 Å². The lowest BCUT2D eigenvalue weighted by Crippen LogP contribution is -1.97. The topological polar surface area (TPSA) is 50.1 Å². The number of carbonyl (C=O) groups is 1. The third-order valence-electron chi connectivity index (χ3n) is 2.26. The fourth-order valence-electron chi connectivity index (χ4n) is 1.40. The van der Waals surface area contributed by atoms with Gasteiger partial charge in [0.25, 0.3) is 0 Å². The van der Waals surface area contributed by atoms with E-state index in [1.54, 1.807) is 6.07 Å². The Balaban J connectivity index is 2.73. The molecule has 0 N–H and O–H groups in total. The van der Waals surface area contributed by atoms with E-state index in [1.807, 2.05) is 25.1 Å². The van der Waals surface area contributed by atoms with Crippen molar-refractivity contribution in [3.05, 3.63) is 47.2 Å². The maximum absolute atomic E-state index is 10.9. The van der Waals surface area contributed by atoms with Crippen molar-refractivity contribution in [2.45, 2.75) is 26.9 Å². The summed E-state index contributed by atoms with van der Waals surface area (Å²) in [5.74, 6) is 0.612. The molecular weight excluding hydrogens is 214 g/mol. The summed E-state index contributed by atoms with van der Waals surface area (Å²) in [7, 11) is 0. The lowest BCUT2D eigenvalue weighted by atomic mass is 10.1. The van der Waals surface area contributed by atoms with Gasteiger partial charge < -0.3 is 4.74 Å². The van der Waals surface area contributed by atoms with E-state index in [0.29, 0.717) is 24.4 Å². The second-order valence-electron chi connectivity index (χ2n) is 3.63. The van der Waals surface area contributed by atoms with Gasteiger partial charge in [0.05, 0.1) is 17.4 Å². The first-order valence-corrected chi connectivity index (χ1v) is 5.49. The summed E-state index contributed by atoms with van der Waals surface area (Å²) in [6.07, 6.45) is 2.14. The zero-order valence-corrected chi connectivity index (χ0v) is 10.1. The summed E-state index contributed by atoms with van der Waals surface area (Å²) < 4.78 is 5.52. The Morgan fingerprint density at radius 3 is 2.76 bits per heavy atom. The van der Waals surface area contributed by atoms with Crippen molar-refractivity contribution in [1.82, 2.24) is 0 Å². The molecule has 1 aromatic carbocycles. The molecule has 0 aliphatic heterocycles. The minimum atomic E-state index is -0.0320. The Morgan fingerprint density at radius 1 is 1.47 bits per heavy atom. The van der Waals surface area contributed by atoms with Gasteiger partial charge in [-0.3, -0.25) is 4.79 Å². The molecule has 1 aromatic rings. The van der Waals surface area contributed by atoms with Crippen LogP contribution < -0.4 is 0 Å². The molecule has 17 heavy (non-hydrogen) atoms. The molecule has 0 aliphatic carbocycles. The van der Waals surface area contributed by atoms with Gasteiger partial charge in [0, 0.05) is 18.1 Å². The van der Waals surface area contributed by atoms with Gasteiger partial charge in [-0.2, -0.15) is 5.26 Å². The Morgan fingerprint density at radius 2 is 2.18 bits per heavy atom. The average molecular weight is 229 g/mol. The molecule has 0 radical (unpaired) electrons. The number of allylic oxidation sites excluding steroid dienone is 2. The predicted molar refractivity (Wildman–Crippen MR) is 65.0 cm³/mol. The molecule has 3 nitrogen and oxygen atoms in total. The normalized spacial score (nSPS) is 10.8. The first-order chi connectivity index (χ1) is 8.17. The molecule has 0 saturated carbocycles. The van der Waals surface area contributed by atoms with E-state index in [9.17, 15) is 4.79 Å². The fraction of sp³-hybridized carbons (Fsp3) is 0.286. The minimum absolute atomic E-state index is 0.0320. The third kappa shape index (κ3) is 4.12. The van der Waals surface area contributed by atoms with Crippen molar-refractivity contribution >= 4 is 5.78 Å². The van der Waals surface area contributed by atoms with E-state index in [-0.39, 0.29) is 5.78 Å². The minimum Gasteiger partial charge on any atom is -0.493 e. The Bertz CT molecular complexity index is 469. The molecule has 3 heteroatoms. The van der Waals surface area contributed by atoms with E-state index in [4.69, 9.17) is 10.00 Å². The number of nitrogens with zero attached hydrogens (tertiary/aromatic N) is 1. The van der Waals surface area contributed by atoms with Gasteiger partial charge in [-0.1, -0.05) is 25.1 Å². The van der Waals surface area contributed by atoms with Gasteiger partial charge in [-0.15, -0.1) is 0 Å². The Kier molecular flexibility index (Phi) is 4.96. The monoisotopic (exact) mass is 229 g/mol. The van der Waals surface area contributed by atoms with Crippen LogP contribution in [0.1, 0.15) is 31.4 Å². The van der Waals surface area contributed by atoms with Crippen LogP contribution in [0, 0.1) is 11.3 Å². The number of carbonyl (C=O) groups excluding carboxylic acids is 1. The molecule has 88 valence electrons. The van der Waals surface area contributed by atoms with Crippen LogP contribution in [0.2, 0.25) is 0 Å². The molecule has 0 unspecified atom stereocenters. The quantitative estimate of drug-likeness (QED) is 0.576. The van der Waals surface area contributed by atoms with Gasteiger partial charge in [0.15, 0.2) is 5.78 Å². The summed E-state index contributed by atoms with van der Waals surface area (Å²) in [6.45, 7) is 3.73. The highest BCUT2D eigenvalue weighted by Crippen LogP contribution is 2.12. The largest absolute Gasteiger partial charge is 0.493 e. The van der Waals surface area contributed by atoms with Gasteiger partial charge >= 0.3 is 0 Å². The number of rotatable bonds is 5. The number of nitriles is 1. The van der Waals surface area contributed by atoms with E-state index >= 15 is 0 Å². The van der Waals surface area contributed by atoms with E-state index in [2.05, 4.69) is 6.07 Å². The van der Waals surface area contributed by atoms with Crippen molar-refractivity contribution in [3.8, 4) is 6.07 Å². The smallest absolute Gasteiger partial charge is 0.155 e. The van der Waals surface area contributed by atoms with Crippen LogP contribution >= 0.6 is 0 Å². The highest BCUT2D eigenvalue weighted by atomic mass is 16.5. The summed E-state index contributed by atoms with van der Waals surface area (Å²) in [5, 5.41) is 8.91. The SMILES string of the molecule is CC/C(=C\C(C)=O)OCc1ccccc1C#N. The first kappa shape index (κ1) is 13.0. The highest BCUT2D eigenvalue weighted by molar-refractivity contribution is 5.87. The second kappa shape index (κ2) is 6.49. The molecule has 1 rings (SSSR count). The molecule has 0 atom stereocenters. The van der Waals surface area contributed by atoms with Gasteiger partial charge in [-0.25, -0.2) is 0 Å². The van der Waals surface area contributed by atoms with Crippen LogP contribution in [-0.4, -0.2) is 5.78 Å². The number of benzene rings is 1. The predicted octanol–water partition coefficient (Wildman–Crippen LogP) is 2.96. The van der Waals surface area contributed by atoms with E-state index < -0.39 is 0 Å². The number of hydrogen-bond donors (Lipinski definition) is 0. The van der Waals surface area contributed by atoms with Crippen LogP contribution in [0.4, 0.5) is 0 Å². The highest BCUT2D eigenvalue weighted by Gasteiger charge is 2.03. The molecule has 0 fully saturated rings. The van der Waals surface area contributed by atoms with E-state index in [1.165, 1.54) is 13.0 Å².